The van der Waals surface area contributed by atoms with Crippen LogP contribution in [0.5, 0.6) is 0 Å². The van der Waals surface area contributed by atoms with Crippen molar-refractivity contribution in [1.29, 1.82) is 0 Å². The molecule has 0 unspecified atom stereocenters. The first-order valence-corrected chi connectivity index (χ1v) is 12.6. The summed E-state index contributed by atoms with van der Waals surface area (Å²) in [5.74, 6) is 0.469. The van der Waals surface area contributed by atoms with Gasteiger partial charge in [-0.1, -0.05) is 62.2 Å². The molecule has 1 fully saturated rings. The Balaban J connectivity index is 1.42. The number of unbranched alkanes of at least 4 members (excludes halogenated alkanes) is 2. The highest BCUT2D eigenvalue weighted by molar-refractivity contribution is 8.00. The molecule has 1 N–H and O–H groups in total. The van der Waals surface area contributed by atoms with E-state index >= 15 is 0 Å². The molecular weight excluding hydrogens is 428 g/mol. The van der Waals surface area contributed by atoms with Crippen LogP contribution in [-0.2, 0) is 11.2 Å². The van der Waals surface area contributed by atoms with Gasteiger partial charge >= 0.3 is 0 Å². The van der Waals surface area contributed by atoms with Gasteiger partial charge in [-0.05, 0) is 66.8 Å². The molecular formula is C28H30N2O2S. The molecule has 2 amide bonds. The van der Waals surface area contributed by atoms with Crippen LogP contribution in [0.1, 0.15) is 58.6 Å². The zero-order valence-electron chi connectivity index (χ0n) is 19.2. The van der Waals surface area contributed by atoms with E-state index in [1.807, 2.05) is 84.6 Å². The second-order valence-corrected chi connectivity index (χ2v) is 9.51. The summed E-state index contributed by atoms with van der Waals surface area (Å²) in [5, 5.41) is 2.92. The van der Waals surface area contributed by atoms with Gasteiger partial charge in [0.05, 0.1) is 5.75 Å². The summed E-state index contributed by atoms with van der Waals surface area (Å²) in [4.78, 5) is 27.2. The molecule has 3 aromatic rings. The van der Waals surface area contributed by atoms with E-state index in [1.54, 1.807) is 11.8 Å². The molecule has 0 saturated carbocycles. The number of nitrogens with zero attached hydrogens (tertiary/aromatic N) is 1. The number of amides is 2. The normalized spacial score (nSPS) is 15.6. The van der Waals surface area contributed by atoms with Gasteiger partial charge in [0.15, 0.2) is 0 Å². The van der Waals surface area contributed by atoms with Crippen molar-refractivity contribution in [2.75, 3.05) is 16.0 Å². The fourth-order valence-corrected chi connectivity index (χ4v) is 5.27. The van der Waals surface area contributed by atoms with Crippen LogP contribution in [0.15, 0.2) is 72.8 Å². The summed E-state index contributed by atoms with van der Waals surface area (Å²) in [6.45, 7) is 4.23. The number of carbonyl (C=O) groups excluding carboxylic acids is 2. The van der Waals surface area contributed by atoms with E-state index in [9.17, 15) is 9.59 Å². The van der Waals surface area contributed by atoms with Gasteiger partial charge in [-0.25, -0.2) is 0 Å². The van der Waals surface area contributed by atoms with Crippen molar-refractivity contribution < 1.29 is 9.59 Å². The Hall–Kier alpha value is -3.05. The minimum atomic E-state index is -0.116. The smallest absolute Gasteiger partial charge is 0.255 e. The van der Waals surface area contributed by atoms with Crippen LogP contribution in [0.3, 0.4) is 0 Å². The minimum Gasteiger partial charge on any atom is -0.322 e. The van der Waals surface area contributed by atoms with Crippen molar-refractivity contribution in [1.82, 2.24) is 0 Å². The van der Waals surface area contributed by atoms with Crippen molar-refractivity contribution in [3.05, 3.63) is 95.1 Å². The second-order valence-electron chi connectivity index (χ2n) is 8.44. The highest BCUT2D eigenvalue weighted by Gasteiger charge is 2.34. The second kappa shape index (κ2) is 10.7. The highest BCUT2D eigenvalue weighted by atomic mass is 32.2. The van der Waals surface area contributed by atoms with Crippen molar-refractivity contribution in [3.63, 3.8) is 0 Å². The van der Waals surface area contributed by atoms with Crippen LogP contribution in [-0.4, -0.2) is 17.6 Å². The zero-order chi connectivity index (χ0) is 23.2. The van der Waals surface area contributed by atoms with Crippen LogP contribution in [0.4, 0.5) is 11.4 Å². The maximum absolute atomic E-state index is 12.7. The van der Waals surface area contributed by atoms with Gasteiger partial charge < -0.3 is 5.32 Å². The molecule has 0 radical (unpaired) electrons. The predicted molar refractivity (Wildman–Crippen MR) is 138 cm³/mol. The number of hydrogen-bond donors (Lipinski definition) is 1. The first-order chi connectivity index (χ1) is 16.1. The SMILES string of the molecule is CCCCCc1ccc(C(=O)Nc2ccc([C@H]3SCC(=O)N3c3ccccc3C)cc2)cc1. The maximum atomic E-state index is 12.7. The Morgan fingerprint density at radius 1 is 1.00 bits per heavy atom. The zero-order valence-corrected chi connectivity index (χ0v) is 20.0. The van der Waals surface area contributed by atoms with Gasteiger partial charge in [-0.2, -0.15) is 0 Å². The van der Waals surface area contributed by atoms with Crippen LogP contribution in [0.25, 0.3) is 0 Å². The first-order valence-electron chi connectivity index (χ1n) is 11.6. The molecule has 1 atom stereocenters. The van der Waals surface area contributed by atoms with Gasteiger partial charge in [-0.3, -0.25) is 14.5 Å². The third kappa shape index (κ3) is 5.48. The summed E-state index contributed by atoms with van der Waals surface area (Å²) in [6.07, 6.45) is 4.67. The molecule has 170 valence electrons. The third-order valence-electron chi connectivity index (χ3n) is 5.98. The number of rotatable bonds is 8. The van der Waals surface area contributed by atoms with E-state index in [0.29, 0.717) is 11.3 Å². The molecule has 4 rings (SSSR count). The van der Waals surface area contributed by atoms with E-state index in [4.69, 9.17) is 0 Å². The fraction of sp³-hybridized carbons (Fsp3) is 0.286. The van der Waals surface area contributed by atoms with Gasteiger partial charge in [0.1, 0.15) is 5.37 Å². The number of carbonyl (C=O) groups is 2. The molecule has 1 aliphatic rings. The monoisotopic (exact) mass is 458 g/mol. The number of para-hydroxylation sites is 1. The van der Waals surface area contributed by atoms with Gasteiger partial charge in [0.2, 0.25) is 5.91 Å². The highest BCUT2D eigenvalue weighted by Crippen LogP contribution is 2.42. The lowest BCUT2D eigenvalue weighted by Gasteiger charge is -2.26. The van der Waals surface area contributed by atoms with Crippen LogP contribution >= 0.6 is 11.8 Å². The molecule has 5 heteroatoms. The summed E-state index contributed by atoms with van der Waals surface area (Å²) >= 11 is 1.63. The maximum Gasteiger partial charge on any atom is 0.255 e. The number of hydrogen-bond acceptors (Lipinski definition) is 3. The Morgan fingerprint density at radius 3 is 2.42 bits per heavy atom. The van der Waals surface area contributed by atoms with Crippen molar-refractivity contribution in [2.24, 2.45) is 0 Å². The lowest BCUT2D eigenvalue weighted by Crippen LogP contribution is -2.28. The average Bonchev–Trinajstić information content (AvgIpc) is 3.21. The molecule has 0 spiro atoms. The lowest BCUT2D eigenvalue weighted by molar-refractivity contribution is -0.115. The van der Waals surface area contributed by atoms with E-state index in [2.05, 4.69) is 12.2 Å². The Bertz CT molecular complexity index is 1110. The number of thioether (sulfide) groups is 1. The van der Waals surface area contributed by atoms with Crippen molar-refractivity contribution in [2.45, 2.75) is 44.9 Å². The van der Waals surface area contributed by atoms with Gasteiger partial charge in [-0.15, -0.1) is 11.8 Å². The molecule has 33 heavy (non-hydrogen) atoms. The fourth-order valence-electron chi connectivity index (χ4n) is 4.10. The van der Waals surface area contributed by atoms with Gasteiger partial charge in [0.25, 0.3) is 5.91 Å². The quantitative estimate of drug-likeness (QED) is 0.380. The number of benzene rings is 3. The van der Waals surface area contributed by atoms with E-state index in [0.717, 1.165) is 28.9 Å². The van der Waals surface area contributed by atoms with E-state index in [-0.39, 0.29) is 17.2 Å². The van der Waals surface area contributed by atoms with Crippen LogP contribution in [0, 0.1) is 6.92 Å². The Morgan fingerprint density at radius 2 is 1.73 bits per heavy atom. The Kier molecular flexibility index (Phi) is 7.50. The first kappa shape index (κ1) is 23.1. The molecule has 1 heterocycles. The summed E-state index contributed by atoms with van der Waals surface area (Å²) in [6, 6.07) is 23.7. The van der Waals surface area contributed by atoms with E-state index < -0.39 is 0 Å². The molecule has 3 aromatic carbocycles. The van der Waals surface area contributed by atoms with Crippen molar-refractivity contribution in [3.8, 4) is 0 Å². The average molecular weight is 459 g/mol. The summed E-state index contributed by atoms with van der Waals surface area (Å²) in [5.41, 5.74) is 5.75. The lowest BCUT2D eigenvalue weighted by atomic mass is 10.0. The number of aryl methyl sites for hydroxylation is 2. The summed E-state index contributed by atoms with van der Waals surface area (Å²) < 4.78 is 0. The number of anilines is 2. The topological polar surface area (TPSA) is 49.4 Å². The summed E-state index contributed by atoms with van der Waals surface area (Å²) in [7, 11) is 0. The minimum absolute atomic E-state index is 0.0661. The largest absolute Gasteiger partial charge is 0.322 e. The predicted octanol–water partition coefficient (Wildman–Crippen LogP) is 6.76. The molecule has 0 aliphatic carbocycles. The standard InChI is InChI=1S/C28H30N2O2S/c1-3-4-5-9-21-11-13-22(14-12-21)27(32)29-24-17-15-23(16-18-24)28-30(26(31)19-33-28)25-10-7-6-8-20(25)2/h6-8,10-18,28H,3-5,9,19H2,1-2H3,(H,29,32)/t28-/m1/s1. The van der Waals surface area contributed by atoms with Crippen LogP contribution < -0.4 is 10.2 Å². The molecule has 0 bridgehead atoms. The van der Waals surface area contributed by atoms with E-state index in [1.165, 1.54) is 24.8 Å². The molecule has 1 saturated heterocycles. The van der Waals surface area contributed by atoms with Crippen molar-refractivity contribution >= 4 is 35.0 Å². The molecule has 0 aromatic heterocycles. The third-order valence-corrected chi connectivity index (χ3v) is 7.19. The number of nitrogens with one attached hydrogen (secondary N) is 1. The molecule has 1 aliphatic heterocycles. The Labute approximate surface area is 200 Å². The molecule has 4 nitrogen and oxygen atoms in total. The van der Waals surface area contributed by atoms with Gasteiger partial charge in [0, 0.05) is 16.9 Å². The van der Waals surface area contributed by atoms with Crippen LogP contribution in [0.2, 0.25) is 0 Å².